The Morgan fingerprint density at radius 1 is 1.39 bits per heavy atom. The topological polar surface area (TPSA) is 78.1 Å². The smallest absolute Gasteiger partial charge is 0.373 e. The van der Waals surface area contributed by atoms with Crippen LogP contribution in [0.3, 0.4) is 0 Å². The number of methoxy groups -OCH3 is 3. The van der Waals surface area contributed by atoms with Crippen molar-refractivity contribution >= 4 is 5.97 Å². The van der Waals surface area contributed by atoms with E-state index < -0.39 is 17.9 Å². The van der Waals surface area contributed by atoms with E-state index in [0.717, 1.165) is 0 Å². The molecule has 0 radical (unpaired) electrons. The minimum Gasteiger partial charge on any atom is -0.463 e. The molecule has 0 aromatic carbocycles. The normalized spacial score (nSPS) is 14.6. The number of esters is 1. The number of carbonyl (C=O) groups is 1. The molecule has 0 aliphatic heterocycles. The summed E-state index contributed by atoms with van der Waals surface area (Å²) in [7, 11) is 4.22. The second kappa shape index (κ2) is 5.99. The van der Waals surface area contributed by atoms with E-state index in [2.05, 4.69) is 4.74 Å². The van der Waals surface area contributed by atoms with Gasteiger partial charge in [-0.05, 0) is 19.1 Å². The summed E-state index contributed by atoms with van der Waals surface area (Å²) in [5.74, 6) is -0.298. The lowest BCUT2D eigenvalue weighted by atomic mass is 9.99. The van der Waals surface area contributed by atoms with Crippen molar-refractivity contribution < 1.29 is 28.5 Å². The van der Waals surface area contributed by atoms with E-state index in [1.807, 2.05) is 0 Å². The molecule has 1 aromatic heterocycles. The number of furan rings is 1. The fraction of sp³-hybridized carbons (Fsp3) is 0.583. The SMILES string of the molecule is COC(=O)c1ccc(C(C)(O)CC(OC)OC)o1. The molecule has 18 heavy (non-hydrogen) atoms. The van der Waals surface area contributed by atoms with Crippen LogP contribution in [0, 0.1) is 0 Å². The molecule has 6 heteroatoms. The first-order valence-electron chi connectivity index (χ1n) is 5.41. The number of aliphatic hydroxyl groups is 1. The Balaban J connectivity index is 2.84. The van der Waals surface area contributed by atoms with Crippen molar-refractivity contribution in [3.63, 3.8) is 0 Å². The first kappa shape index (κ1) is 14.7. The zero-order valence-corrected chi connectivity index (χ0v) is 10.9. The van der Waals surface area contributed by atoms with Crippen LogP contribution in [-0.4, -0.2) is 38.7 Å². The van der Waals surface area contributed by atoms with E-state index in [9.17, 15) is 9.90 Å². The third kappa shape index (κ3) is 3.32. The maximum Gasteiger partial charge on any atom is 0.373 e. The third-order valence-electron chi connectivity index (χ3n) is 2.61. The van der Waals surface area contributed by atoms with Crippen molar-refractivity contribution in [2.45, 2.75) is 25.2 Å². The summed E-state index contributed by atoms with van der Waals surface area (Å²) >= 11 is 0. The summed E-state index contributed by atoms with van der Waals surface area (Å²) in [6, 6.07) is 2.97. The van der Waals surface area contributed by atoms with E-state index in [1.54, 1.807) is 6.92 Å². The quantitative estimate of drug-likeness (QED) is 0.611. The highest BCUT2D eigenvalue weighted by molar-refractivity contribution is 5.86. The zero-order chi connectivity index (χ0) is 13.8. The molecule has 0 spiro atoms. The van der Waals surface area contributed by atoms with Crippen molar-refractivity contribution in [2.24, 2.45) is 0 Å². The largest absolute Gasteiger partial charge is 0.463 e. The predicted octanol–water partition coefficient (Wildman–Crippen LogP) is 1.28. The fourth-order valence-corrected chi connectivity index (χ4v) is 1.53. The first-order valence-corrected chi connectivity index (χ1v) is 5.41. The Labute approximate surface area is 105 Å². The van der Waals surface area contributed by atoms with Crippen LogP contribution in [0.4, 0.5) is 0 Å². The number of rotatable bonds is 6. The van der Waals surface area contributed by atoms with Crippen molar-refractivity contribution in [1.82, 2.24) is 0 Å². The van der Waals surface area contributed by atoms with E-state index in [-0.39, 0.29) is 17.9 Å². The van der Waals surface area contributed by atoms with Crippen molar-refractivity contribution in [3.05, 3.63) is 23.7 Å². The number of hydrogen-bond donors (Lipinski definition) is 1. The maximum absolute atomic E-state index is 11.2. The van der Waals surface area contributed by atoms with Gasteiger partial charge in [-0.2, -0.15) is 0 Å². The Morgan fingerprint density at radius 3 is 2.50 bits per heavy atom. The third-order valence-corrected chi connectivity index (χ3v) is 2.61. The van der Waals surface area contributed by atoms with Crippen LogP contribution in [0.2, 0.25) is 0 Å². The van der Waals surface area contributed by atoms with E-state index in [0.29, 0.717) is 0 Å². The van der Waals surface area contributed by atoms with Gasteiger partial charge in [-0.15, -0.1) is 0 Å². The lowest BCUT2D eigenvalue weighted by molar-refractivity contribution is -0.145. The molecule has 1 heterocycles. The van der Waals surface area contributed by atoms with Crippen LogP contribution in [0.1, 0.15) is 29.7 Å². The molecule has 0 bridgehead atoms. The number of ether oxygens (including phenoxy) is 3. The zero-order valence-electron chi connectivity index (χ0n) is 10.9. The molecule has 1 atom stereocenters. The summed E-state index contributed by atoms with van der Waals surface area (Å²) in [5.41, 5.74) is -1.30. The van der Waals surface area contributed by atoms with Crippen molar-refractivity contribution in [1.29, 1.82) is 0 Å². The van der Waals surface area contributed by atoms with Gasteiger partial charge in [-0.25, -0.2) is 4.79 Å². The van der Waals surface area contributed by atoms with Gasteiger partial charge < -0.3 is 23.7 Å². The summed E-state index contributed by atoms with van der Waals surface area (Å²) in [6.45, 7) is 1.55. The van der Waals surface area contributed by atoms with Crippen LogP contribution in [0.15, 0.2) is 16.5 Å². The molecule has 6 nitrogen and oxygen atoms in total. The molecular weight excluding hydrogens is 240 g/mol. The van der Waals surface area contributed by atoms with Gasteiger partial charge in [0.2, 0.25) is 5.76 Å². The summed E-state index contributed by atoms with van der Waals surface area (Å²) in [5, 5.41) is 10.3. The average molecular weight is 258 g/mol. The Hall–Kier alpha value is -1.37. The molecule has 1 aromatic rings. The lowest BCUT2D eigenvalue weighted by Crippen LogP contribution is -2.29. The standard InChI is InChI=1S/C12H18O6/c1-12(14,7-10(15-2)16-3)9-6-5-8(18-9)11(13)17-4/h5-6,10,14H,7H2,1-4H3. The number of hydrogen-bond acceptors (Lipinski definition) is 6. The molecule has 1 N–H and O–H groups in total. The average Bonchev–Trinajstić information content (AvgIpc) is 2.85. The van der Waals surface area contributed by atoms with Crippen LogP contribution < -0.4 is 0 Å². The molecule has 0 amide bonds. The molecule has 0 fully saturated rings. The van der Waals surface area contributed by atoms with Gasteiger partial charge in [0.05, 0.1) is 7.11 Å². The number of carbonyl (C=O) groups excluding carboxylic acids is 1. The van der Waals surface area contributed by atoms with Crippen LogP contribution in [0.5, 0.6) is 0 Å². The summed E-state index contributed by atoms with van der Waals surface area (Å²) in [4.78, 5) is 11.2. The highest BCUT2D eigenvalue weighted by Crippen LogP contribution is 2.28. The Kier molecular flexibility index (Phi) is 4.89. The summed E-state index contributed by atoms with van der Waals surface area (Å²) in [6.07, 6.45) is -0.389. The minimum atomic E-state index is -1.30. The maximum atomic E-state index is 11.2. The lowest BCUT2D eigenvalue weighted by Gasteiger charge is -2.25. The van der Waals surface area contributed by atoms with Gasteiger partial charge in [-0.1, -0.05) is 0 Å². The van der Waals surface area contributed by atoms with E-state index in [1.165, 1.54) is 33.5 Å². The molecule has 0 aliphatic carbocycles. The fourth-order valence-electron chi connectivity index (χ4n) is 1.53. The van der Waals surface area contributed by atoms with Crippen molar-refractivity contribution in [3.8, 4) is 0 Å². The minimum absolute atomic E-state index is 0.0409. The summed E-state index contributed by atoms with van der Waals surface area (Å²) < 4.78 is 19.8. The van der Waals surface area contributed by atoms with Gasteiger partial charge in [0.25, 0.3) is 0 Å². The van der Waals surface area contributed by atoms with Crippen molar-refractivity contribution in [2.75, 3.05) is 21.3 Å². The van der Waals surface area contributed by atoms with E-state index in [4.69, 9.17) is 13.9 Å². The molecule has 0 saturated heterocycles. The molecule has 1 unspecified atom stereocenters. The molecule has 1 rings (SSSR count). The highest BCUT2D eigenvalue weighted by Gasteiger charge is 2.31. The molecule has 102 valence electrons. The van der Waals surface area contributed by atoms with Gasteiger partial charge in [0.1, 0.15) is 11.4 Å². The van der Waals surface area contributed by atoms with Gasteiger partial charge in [0, 0.05) is 20.6 Å². The van der Waals surface area contributed by atoms with Crippen LogP contribution in [0.25, 0.3) is 0 Å². The molecular formula is C12H18O6. The van der Waals surface area contributed by atoms with E-state index >= 15 is 0 Å². The van der Waals surface area contributed by atoms with Gasteiger partial charge in [0.15, 0.2) is 6.29 Å². The van der Waals surface area contributed by atoms with Crippen LogP contribution in [-0.2, 0) is 19.8 Å². The molecule has 0 saturated carbocycles. The Bertz CT molecular complexity index is 391. The second-order valence-corrected chi connectivity index (χ2v) is 4.03. The first-order chi connectivity index (χ1) is 8.44. The second-order valence-electron chi connectivity index (χ2n) is 4.03. The van der Waals surface area contributed by atoms with Gasteiger partial charge in [-0.3, -0.25) is 0 Å². The van der Waals surface area contributed by atoms with Crippen LogP contribution >= 0.6 is 0 Å². The monoisotopic (exact) mass is 258 g/mol. The Morgan fingerprint density at radius 2 is 2.00 bits per heavy atom. The molecule has 0 aliphatic rings. The predicted molar refractivity (Wildman–Crippen MR) is 62.0 cm³/mol. The highest BCUT2D eigenvalue weighted by atomic mass is 16.7. The van der Waals surface area contributed by atoms with Gasteiger partial charge >= 0.3 is 5.97 Å².